The van der Waals surface area contributed by atoms with Crippen LogP contribution in [0.15, 0.2) is 0 Å². The molecule has 0 aromatic rings. The molecule has 0 spiro atoms. The second kappa shape index (κ2) is 24.4. The average molecular weight is 556 g/mol. The van der Waals surface area contributed by atoms with Crippen LogP contribution in [0.1, 0.15) is 129 Å². The first kappa shape index (κ1) is 35.6. The minimum Gasteiger partial charge on any atom is -0.433 e. The molecule has 1 aliphatic heterocycles. The van der Waals surface area contributed by atoms with Crippen LogP contribution in [-0.2, 0) is 19.0 Å². The fraction of sp³-hybridized carbons (Fsp3) is 0.935. The lowest BCUT2D eigenvalue weighted by Crippen LogP contribution is -2.48. The van der Waals surface area contributed by atoms with E-state index in [1.54, 1.807) is 0 Å². The first-order chi connectivity index (χ1) is 19.0. The zero-order chi connectivity index (χ0) is 28.6. The van der Waals surface area contributed by atoms with Gasteiger partial charge in [0.1, 0.15) is 6.10 Å². The van der Waals surface area contributed by atoms with E-state index in [1.807, 2.05) is 0 Å². The molecule has 3 unspecified atom stereocenters. The molecule has 3 atom stereocenters. The number of nitrogens with one attached hydrogen (secondary N) is 1. The number of rotatable bonds is 25. The predicted molar refractivity (Wildman–Crippen MR) is 159 cm³/mol. The molecule has 0 radical (unpaired) electrons. The zero-order valence-corrected chi connectivity index (χ0v) is 25.6. The maximum Gasteiger partial charge on any atom is 0.408 e. The molecular formula is C31H61N3O5. The van der Waals surface area contributed by atoms with E-state index >= 15 is 0 Å². The molecule has 1 rings (SSSR count). The Morgan fingerprint density at radius 1 is 0.872 bits per heavy atom. The van der Waals surface area contributed by atoms with Crippen LogP contribution in [0.5, 0.6) is 0 Å². The summed E-state index contributed by atoms with van der Waals surface area (Å²) in [6.45, 7) is 8.00. The number of carbonyl (C=O) groups excluding carboxylic acids is 2. The summed E-state index contributed by atoms with van der Waals surface area (Å²) in [6.07, 6.45) is 20.5. The summed E-state index contributed by atoms with van der Waals surface area (Å²) in [5.74, 6) is -0.734. The molecular weight excluding hydrogens is 494 g/mol. The summed E-state index contributed by atoms with van der Waals surface area (Å²) in [7, 11) is 1.47. The van der Waals surface area contributed by atoms with E-state index in [2.05, 4.69) is 24.1 Å². The van der Waals surface area contributed by atoms with Crippen molar-refractivity contribution in [2.75, 3.05) is 39.9 Å². The van der Waals surface area contributed by atoms with Crippen molar-refractivity contribution in [2.24, 2.45) is 5.73 Å². The Balaban J connectivity index is 2.05. The number of nitrogens with two attached hydrogens (primary N) is 1. The second-order valence-electron chi connectivity index (χ2n) is 11.2. The molecule has 0 aliphatic carbocycles. The van der Waals surface area contributed by atoms with Crippen molar-refractivity contribution < 1.29 is 23.8 Å². The summed E-state index contributed by atoms with van der Waals surface area (Å²) >= 11 is 0. The second-order valence-corrected chi connectivity index (χ2v) is 11.2. The third kappa shape index (κ3) is 18.6. The Hall–Kier alpha value is -1.38. The number of piperidine rings is 1. The lowest BCUT2D eigenvalue weighted by atomic mass is 10.0. The first-order valence-corrected chi connectivity index (χ1v) is 16.1. The third-order valence-electron chi connectivity index (χ3n) is 7.86. The van der Waals surface area contributed by atoms with Gasteiger partial charge in [-0.1, -0.05) is 110 Å². The van der Waals surface area contributed by atoms with Crippen LogP contribution < -0.4 is 11.1 Å². The lowest BCUT2D eigenvalue weighted by molar-refractivity contribution is -0.140. The van der Waals surface area contributed by atoms with E-state index in [-0.39, 0.29) is 12.7 Å². The zero-order valence-electron chi connectivity index (χ0n) is 25.6. The van der Waals surface area contributed by atoms with Crippen molar-refractivity contribution in [2.45, 2.75) is 148 Å². The number of carbonyl (C=O) groups is 2. The normalized spacial score (nSPS) is 17.6. The maximum absolute atomic E-state index is 12.3. The molecule has 0 bridgehead atoms. The molecule has 39 heavy (non-hydrogen) atoms. The summed E-state index contributed by atoms with van der Waals surface area (Å²) in [6, 6.07) is 0. The average Bonchev–Trinajstić information content (AvgIpc) is 2.94. The number of likely N-dealkylation sites (N-methyl/N-ethyl adjacent to an activating group) is 1. The van der Waals surface area contributed by atoms with Gasteiger partial charge in [0.05, 0.1) is 12.7 Å². The van der Waals surface area contributed by atoms with Gasteiger partial charge < -0.3 is 30.2 Å². The number of unbranched alkanes of at least 4 members (excludes halogenated alkanes) is 15. The van der Waals surface area contributed by atoms with Crippen LogP contribution in [0, 0.1) is 0 Å². The number of alkyl carbamates (subject to hydrolysis) is 1. The molecule has 0 aromatic heterocycles. The van der Waals surface area contributed by atoms with Crippen molar-refractivity contribution in [3.8, 4) is 0 Å². The van der Waals surface area contributed by atoms with Gasteiger partial charge in [0, 0.05) is 20.2 Å². The topological polar surface area (TPSA) is 103 Å². The van der Waals surface area contributed by atoms with Crippen molar-refractivity contribution in [3.05, 3.63) is 0 Å². The number of hydrogen-bond acceptors (Lipinski definition) is 6. The maximum atomic E-state index is 12.3. The molecule has 1 heterocycles. The molecule has 2 amide bonds. The minimum absolute atomic E-state index is 0.0774. The molecule has 1 aliphatic rings. The smallest absolute Gasteiger partial charge is 0.408 e. The number of amides is 2. The highest BCUT2D eigenvalue weighted by molar-refractivity contribution is 5.82. The molecule has 1 saturated heterocycles. The molecule has 0 saturated carbocycles. The highest BCUT2D eigenvalue weighted by Gasteiger charge is 2.32. The van der Waals surface area contributed by atoms with Gasteiger partial charge in [-0.15, -0.1) is 0 Å². The van der Waals surface area contributed by atoms with E-state index in [9.17, 15) is 9.59 Å². The number of nitrogens with zero attached hydrogens (tertiary/aromatic N) is 1. The Morgan fingerprint density at radius 2 is 1.41 bits per heavy atom. The quantitative estimate of drug-likeness (QED) is 0.127. The summed E-state index contributed by atoms with van der Waals surface area (Å²) in [5.41, 5.74) is 5.52. The van der Waals surface area contributed by atoms with E-state index in [0.29, 0.717) is 6.54 Å². The number of primary amides is 1. The van der Waals surface area contributed by atoms with Gasteiger partial charge in [0.2, 0.25) is 6.10 Å². The van der Waals surface area contributed by atoms with Crippen LogP contribution in [0.4, 0.5) is 4.79 Å². The van der Waals surface area contributed by atoms with E-state index < -0.39 is 24.2 Å². The number of ether oxygens (including phenoxy) is 3. The highest BCUT2D eigenvalue weighted by Crippen LogP contribution is 2.16. The van der Waals surface area contributed by atoms with Gasteiger partial charge >= 0.3 is 6.09 Å². The molecule has 0 aromatic carbocycles. The third-order valence-corrected chi connectivity index (χ3v) is 7.86. The number of methoxy groups -OCH3 is 1. The van der Waals surface area contributed by atoms with E-state index in [0.717, 1.165) is 45.3 Å². The molecule has 230 valence electrons. The van der Waals surface area contributed by atoms with E-state index in [1.165, 1.54) is 97.0 Å². The number of likely N-dealkylation sites (tertiary alicyclic amines) is 1. The highest BCUT2D eigenvalue weighted by atomic mass is 16.6. The van der Waals surface area contributed by atoms with Gasteiger partial charge in [0.15, 0.2) is 0 Å². The Kier molecular flexibility index (Phi) is 22.3. The van der Waals surface area contributed by atoms with Crippen LogP contribution in [0.25, 0.3) is 0 Å². The summed E-state index contributed by atoms with van der Waals surface area (Å²) in [5, 5.41) is 2.74. The molecule has 8 nitrogen and oxygen atoms in total. The van der Waals surface area contributed by atoms with Crippen molar-refractivity contribution in [1.29, 1.82) is 0 Å². The predicted octanol–water partition coefficient (Wildman–Crippen LogP) is 6.34. The minimum atomic E-state index is -1.19. The van der Waals surface area contributed by atoms with Gasteiger partial charge in [0.25, 0.3) is 5.91 Å². The van der Waals surface area contributed by atoms with Gasteiger partial charge in [-0.05, 0) is 32.4 Å². The van der Waals surface area contributed by atoms with Crippen LogP contribution >= 0.6 is 0 Å². The standard InChI is InChI=1S/C31H61N3O5/c1-4-6-7-8-9-10-11-12-13-14-15-16-17-18-19-20-23-33-31(36)39-29(30(32)35)28(37-3)26-38-27-22-21-24-34(5-2)25-27/h27-29H,4-26H2,1-3H3,(H2,32,35)(H,33,36). The summed E-state index contributed by atoms with van der Waals surface area (Å²) < 4.78 is 16.7. The largest absolute Gasteiger partial charge is 0.433 e. The molecule has 3 N–H and O–H groups in total. The molecule has 1 fully saturated rings. The Labute approximate surface area is 239 Å². The Morgan fingerprint density at radius 3 is 1.90 bits per heavy atom. The van der Waals surface area contributed by atoms with Crippen molar-refractivity contribution >= 4 is 12.0 Å². The van der Waals surface area contributed by atoms with Crippen LogP contribution in [0.3, 0.4) is 0 Å². The monoisotopic (exact) mass is 555 g/mol. The molecule has 8 heteroatoms. The lowest BCUT2D eigenvalue weighted by Gasteiger charge is -2.33. The van der Waals surface area contributed by atoms with Crippen LogP contribution in [-0.4, -0.2) is 75.1 Å². The first-order valence-electron chi connectivity index (χ1n) is 16.1. The van der Waals surface area contributed by atoms with Crippen LogP contribution in [0.2, 0.25) is 0 Å². The fourth-order valence-corrected chi connectivity index (χ4v) is 5.28. The number of hydrogen-bond donors (Lipinski definition) is 2. The van der Waals surface area contributed by atoms with E-state index in [4.69, 9.17) is 19.9 Å². The van der Waals surface area contributed by atoms with Gasteiger partial charge in [-0.3, -0.25) is 4.79 Å². The summed E-state index contributed by atoms with van der Waals surface area (Å²) in [4.78, 5) is 26.6. The fourth-order valence-electron chi connectivity index (χ4n) is 5.28. The SMILES string of the molecule is CCCCCCCCCCCCCCCCCCNC(=O)OC(C(N)=O)C(COC1CCCN(CC)C1)OC. The van der Waals surface area contributed by atoms with Crippen molar-refractivity contribution in [1.82, 2.24) is 10.2 Å². The van der Waals surface area contributed by atoms with Gasteiger partial charge in [-0.25, -0.2) is 4.79 Å². The Bertz CT molecular complexity index is 607. The van der Waals surface area contributed by atoms with Gasteiger partial charge in [-0.2, -0.15) is 0 Å². The van der Waals surface area contributed by atoms with Crippen molar-refractivity contribution in [3.63, 3.8) is 0 Å².